The van der Waals surface area contributed by atoms with E-state index in [1.54, 1.807) is 7.11 Å². The number of rotatable bonds is 5. The molecule has 16 heavy (non-hydrogen) atoms. The summed E-state index contributed by atoms with van der Waals surface area (Å²) in [5.74, 6) is 1.83. The van der Waals surface area contributed by atoms with E-state index in [0.29, 0.717) is 6.04 Å². The summed E-state index contributed by atoms with van der Waals surface area (Å²) in [5, 5.41) is 3.58. The zero-order valence-electron chi connectivity index (χ0n) is 10.4. The van der Waals surface area contributed by atoms with Crippen molar-refractivity contribution in [2.45, 2.75) is 32.7 Å². The summed E-state index contributed by atoms with van der Waals surface area (Å²) in [7, 11) is 1.74. The Bertz CT molecular complexity index is 358. The zero-order chi connectivity index (χ0) is 11.5. The standard InChI is InChI=1S/C14H21NO/c1-4-15-14(11-7-8-11)12-6-5-10(2)13(9-12)16-3/h5-6,9,11,14-15H,4,7-8H2,1-3H3. The first-order chi connectivity index (χ1) is 7.76. The van der Waals surface area contributed by atoms with Crippen LogP contribution in [0.5, 0.6) is 5.75 Å². The molecule has 0 aliphatic heterocycles. The molecule has 1 aliphatic rings. The molecule has 1 atom stereocenters. The summed E-state index contributed by atoms with van der Waals surface area (Å²) in [6.45, 7) is 5.28. The molecule has 0 aromatic heterocycles. The van der Waals surface area contributed by atoms with Crippen molar-refractivity contribution in [2.24, 2.45) is 5.92 Å². The van der Waals surface area contributed by atoms with Gasteiger partial charge in [-0.05, 0) is 49.4 Å². The number of aryl methyl sites for hydroxylation is 1. The van der Waals surface area contributed by atoms with E-state index in [0.717, 1.165) is 18.2 Å². The van der Waals surface area contributed by atoms with Crippen LogP contribution in [0.25, 0.3) is 0 Å². The lowest BCUT2D eigenvalue weighted by molar-refractivity contribution is 0.408. The summed E-state index contributed by atoms with van der Waals surface area (Å²) in [6.07, 6.45) is 2.71. The first-order valence-corrected chi connectivity index (χ1v) is 6.14. The zero-order valence-corrected chi connectivity index (χ0v) is 10.4. The number of methoxy groups -OCH3 is 1. The highest BCUT2D eigenvalue weighted by atomic mass is 16.5. The Morgan fingerprint density at radius 3 is 2.75 bits per heavy atom. The van der Waals surface area contributed by atoms with Crippen molar-refractivity contribution in [3.8, 4) is 5.75 Å². The lowest BCUT2D eigenvalue weighted by Gasteiger charge is -2.19. The number of hydrogen-bond acceptors (Lipinski definition) is 2. The monoisotopic (exact) mass is 219 g/mol. The smallest absolute Gasteiger partial charge is 0.122 e. The molecule has 1 aromatic carbocycles. The van der Waals surface area contributed by atoms with E-state index in [1.807, 2.05) is 0 Å². The maximum Gasteiger partial charge on any atom is 0.122 e. The van der Waals surface area contributed by atoms with Crippen LogP contribution < -0.4 is 10.1 Å². The van der Waals surface area contributed by atoms with Gasteiger partial charge < -0.3 is 10.1 Å². The van der Waals surface area contributed by atoms with Gasteiger partial charge in [-0.3, -0.25) is 0 Å². The van der Waals surface area contributed by atoms with Crippen molar-refractivity contribution in [1.82, 2.24) is 5.32 Å². The van der Waals surface area contributed by atoms with Gasteiger partial charge in [0, 0.05) is 6.04 Å². The van der Waals surface area contributed by atoms with Gasteiger partial charge in [-0.15, -0.1) is 0 Å². The molecule has 2 heteroatoms. The fourth-order valence-corrected chi connectivity index (χ4v) is 2.24. The average molecular weight is 219 g/mol. The van der Waals surface area contributed by atoms with Crippen molar-refractivity contribution >= 4 is 0 Å². The molecule has 0 heterocycles. The molecule has 0 bridgehead atoms. The minimum atomic E-state index is 0.513. The lowest BCUT2D eigenvalue weighted by Crippen LogP contribution is -2.22. The Morgan fingerprint density at radius 2 is 2.19 bits per heavy atom. The van der Waals surface area contributed by atoms with Crippen molar-refractivity contribution in [3.63, 3.8) is 0 Å². The molecule has 0 spiro atoms. The fourth-order valence-electron chi connectivity index (χ4n) is 2.24. The number of hydrogen-bond donors (Lipinski definition) is 1. The Kier molecular flexibility index (Phi) is 3.49. The van der Waals surface area contributed by atoms with Crippen LogP contribution >= 0.6 is 0 Å². The highest BCUT2D eigenvalue weighted by Gasteiger charge is 2.31. The van der Waals surface area contributed by atoms with Gasteiger partial charge in [-0.1, -0.05) is 19.1 Å². The van der Waals surface area contributed by atoms with Crippen molar-refractivity contribution in [3.05, 3.63) is 29.3 Å². The topological polar surface area (TPSA) is 21.3 Å². The van der Waals surface area contributed by atoms with Crippen LogP contribution in [0.2, 0.25) is 0 Å². The highest BCUT2D eigenvalue weighted by Crippen LogP contribution is 2.41. The van der Waals surface area contributed by atoms with Crippen LogP contribution in [0.1, 0.15) is 36.9 Å². The second kappa shape index (κ2) is 4.88. The van der Waals surface area contributed by atoms with Gasteiger partial charge in [0.05, 0.1) is 7.11 Å². The normalized spacial score (nSPS) is 17.2. The summed E-state index contributed by atoms with van der Waals surface area (Å²) in [4.78, 5) is 0. The molecular formula is C14H21NO. The third kappa shape index (κ3) is 2.38. The van der Waals surface area contributed by atoms with Crippen molar-refractivity contribution in [2.75, 3.05) is 13.7 Å². The second-order valence-corrected chi connectivity index (χ2v) is 4.60. The van der Waals surface area contributed by atoms with Gasteiger partial charge in [-0.25, -0.2) is 0 Å². The molecule has 88 valence electrons. The maximum atomic E-state index is 5.39. The molecular weight excluding hydrogens is 198 g/mol. The van der Waals surface area contributed by atoms with Crippen LogP contribution in [0.3, 0.4) is 0 Å². The first kappa shape index (κ1) is 11.5. The largest absolute Gasteiger partial charge is 0.496 e. The van der Waals surface area contributed by atoms with Crippen molar-refractivity contribution in [1.29, 1.82) is 0 Å². The quantitative estimate of drug-likeness (QED) is 0.821. The summed E-state index contributed by atoms with van der Waals surface area (Å²) >= 11 is 0. The summed E-state index contributed by atoms with van der Waals surface area (Å²) < 4.78 is 5.39. The second-order valence-electron chi connectivity index (χ2n) is 4.60. The van der Waals surface area contributed by atoms with Gasteiger partial charge in [0.1, 0.15) is 5.75 Å². The minimum absolute atomic E-state index is 0.513. The molecule has 0 radical (unpaired) electrons. The Morgan fingerprint density at radius 1 is 1.44 bits per heavy atom. The van der Waals surface area contributed by atoms with Gasteiger partial charge >= 0.3 is 0 Å². The number of nitrogens with one attached hydrogen (secondary N) is 1. The Balaban J connectivity index is 2.23. The van der Waals surface area contributed by atoms with Crippen LogP contribution in [-0.4, -0.2) is 13.7 Å². The van der Waals surface area contributed by atoms with E-state index in [9.17, 15) is 0 Å². The Hall–Kier alpha value is -1.02. The predicted molar refractivity (Wildman–Crippen MR) is 66.9 cm³/mol. The van der Waals surface area contributed by atoms with E-state index in [4.69, 9.17) is 4.74 Å². The van der Waals surface area contributed by atoms with Gasteiger partial charge in [0.15, 0.2) is 0 Å². The van der Waals surface area contributed by atoms with E-state index in [2.05, 4.69) is 37.4 Å². The highest BCUT2D eigenvalue weighted by molar-refractivity contribution is 5.38. The number of ether oxygens (including phenoxy) is 1. The SMILES string of the molecule is CCNC(c1ccc(C)c(OC)c1)C1CC1. The molecule has 1 saturated carbocycles. The van der Waals surface area contributed by atoms with Gasteiger partial charge in [-0.2, -0.15) is 0 Å². The summed E-state index contributed by atoms with van der Waals surface area (Å²) in [5.41, 5.74) is 2.57. The third-order valence-electron chi connectivity index (χ3n) is 3.31. The molecule has 1 fully saturated rings. The first-order valence-electron chi connectivity index (χ1n) is 6.14. The molecule has 1 aliphatic carbocycles. The van der Waals surface area contributed by atoms with E-state index in [1.165, 1.54) is 24.0 Å². The van der Waals surface area contributed by atoms with E-state index < -0.39 is 0 Å². The summed E-state index contributed by atoms with van der Waals surface area (Å²) in [6, 6.07) is 7.07. The van der Waals surface area contributed by atoms with E-state index >= 15 is 0 Å². The van der Waals surface area contributed by atoms with Crippen LogP contribution in [0, 0.1) is 12.8 Å². The van der Waals surface area contributed by atoms with Crippen LogP contribution in [0.15, 0.2) is 18.2 Å². The molecule has 1 unspecified atom stereocenters. The number of benzene rings is 1. The molecule has 1 aromatic rings. The molecule has 0 saturated heterocycles. The maximum absolute atomic E-state index is 5.39. The molecule has 1 N–H and O–H groups in total. The van der Waals surface area contributed by atoms with Gasteiger partial charge in [0.2, 0.25) is 0 Å². The van der Waals surface area contributed by atoms with Crippen LogP contribution in [-0.2, 0) is 0 Å². The average Bonchev–Trinajstić information content (AvgIpc) is 3.11. The molecule has 2 rings (SSSR count). The van der Waals surface area contributed by atoms with Gasteiger partial charge in [0.25, 0.3) is 0 Å². The lowest BCUT2D eigenvalue weighted by atomic mass is 10.0. The van der Waals surface area contributed by atoms with Crippen molar-refractivity contribution < 1.29 is 4.74 Å². The Labute approximate surface area is 98.0 Å². The fraction of sp³-hybridized carbons (Fsp3) is 0.571. The van der Waals surface area contributed by atoms with Crippen LogP contribution in [0.4, 0.5) is 0 Å². The molecule has 0 amide bonds. The third-order valence-corrected chi connectivity index (χ3v) is 3.31. The minimum Gasteiger partial charge on any atom is -0.496 e. The van der Waals surface area contributed by atoms with E-state index in [-0.39, 0.29) is 0 Å². The molecule has 2 nitrogen and oxygen atoms in total. The predicted octanol–water partition coefficient (Wildman–Crippen LogP) is 3.06.